The highest BCUT2D eigenvalue weighted by atomic mass is 32.2. The summed E-state index contributed by atoms with van der Waals surface area (Å²) >= 11 is 1.46. The SMILES string of the molecule is COCCCS(=O)c1sc2nc(-c3cnc4nn(C)cc4c3)cc(C3CCC3)c2c1N. The van der Waals surface area contributed by atoms with Gasteiger partial charge in [0.15, 0.2) is 5.65 Å². The maximum absolute atomic E-state index is 12.9. The number of hydrogen-bond acceptors (Lipinski definition) is 7. The molecule has 2 N–H and O–H groups in total. The molecule has 7 nitrogen and oxygen atoms in total. The Labute approximate surface area is 187 Å². The van der Waals surface area contributed by atoms with E-state index in [0.717, 1.165) is 56.0 Å². The van der Waals surface area contributed by atoms with Crippen molar-refractivity contribution >= 4 is 49.1 Å². The van der Waals surface area contributed by atoms with Crippen LogP contribution in [0.1, 0.15) is 37.2 Å². The van der Waals surface area contributed by atoms with Crippen molar-refractivity contribution in [3.63, 3.8) is 0 Å². The quantitative estimate of drug-likeness (QED) is 0.419. The molecule has 0 bridgehead atoms. The van der Waals surface area contributed by atoms with E-state index in [0.29, 0.717) is 24.0 Å². The fourth-order valence-corrected chi connectivity index (χ4v) is 6.72. The zero-order valence-corrected chi connectivity index (χ0v) is 19.3. The molecule has 4 aromatic rings. The molecule has 0 aliphatic heterocycles. The molecule has 4 heterocycles. The largest absolute Gasteiger partial charge is 0.396 e. The minimum Gasteiger partial charge on any atom is -0.396 e. The highest BCUT2D eigenvalue weighted by molar-refractivity contribution is 7.87. The van der Waals surface area contributed by atoms with Crippen LogP contribution in [-0.2, 0) is 22.6 Å². The van der Waals surface area contributed by atoms with Crippen molar-refractivity contribution < 1.29 is 8.95 Å². The lowest BCUT2D eigenvalue weighted by molar-refractivity contribution is 0.200. The van der Waals surface area contributed by atoms with Crippen LogP contribution < -0.4 is 5.73 Å². The first-order valence-corrected chi connectivity index (χ1v) is 12.6. The third-order valence-corrected chi connectivity index (χ3v) is 8.89. The first-order chi connectivity index (χ1) is 15.0. The summed E-state index contributed by atoms with van der Waals surface area (Å²) in [4.78, 5) is 10.3. The number of rotatable bonds is 7. The Morgan fingerprint density at radius 1 is 1.35 bits per heavy atom. The van der Waals surface area contributed by atoms with Crippen molar-refractivity contribution in [1.29, 1.82) is 0 Å². The summed E-state index contributed by atoms with van der Waals surface area (Å²) in [5.41, 5.74) is 11.0. The van der Waals surface area contributed by atoms with Gasteiger partial charge >= 0.3 is 0 Å². The Hall–Kier alpha value is -2.36. The van der Waals surface area contributed by atoms with Gasteiger partial charge in [-0.25, -0.2) is 9.97 Å². The van der Waals surface area contributed by atoms with Crippen molar-refractivity contribution in [2.75, 3.05) is 25.2 Å². The van der Waals surface area contributed by atoms with Crippen molar-refractivity contribution in [1.82, 2.24) is 19.7 Å². The molecule has 1 aliphatic rings. The second-order valence-corrected chi connectivity index (χ2v) is 10.8. The molecule has 1 saturated carbocycles. The summed E-state index contributed by atoms with van der Waals surface area (Å²) in [6.45, 7) is 0.593. The number of hydrogen-bond donors (Lipinski definition) is 1. The van der Waals surface area contributed by atoms with E-state index in [2.05, 4.69) is 22.2 Å². The number of methoxy groups -OCH3 is 1. The number of pyridine rings is 2. The van der Waals surface area contributed by atoms with E-state index in [9.17, 15) is 4.21 Å². The van der Waals surface area contributed by atoms with Gasteiger partial charge in [-0.15, -0.1) is 11.3 Å². The van der Waals surface area contributed by atoms with Crippen LogP contribution in [0.2, 0.25) is 0 Å². The van der Waals surface area contributed by atoms with Gasteiger partial charge in [-0.2, -0.15) is 5.10 Å². The molecule has 5 rings (SSSR count). The lowest BCUT2D eigenvalue weighted by atomic mass is 9.79. The van der Waals surface area contributed by atoms with E-state index in [1.165, 1.54) is 23.3 Å². The van der Waals surface area contributed by atoms with Gasteiger partial charge in [0.25, 0.3) is 0 Å². The highest BCUT2D eigenvalue weighted by Gasteiger charge is 2.27. The van der Waals surface area contributed by atoms with Crippen LogP contribution in [0.5, 0.6) is 0 Å². The van der Waals surface area contributed by atoms with E-state index >= 15 is 0 Å². The van der Waals surface area contributed by atoms with Gasteiger partial charge in [-0.05, 0) is 42.9 Å². The number of aryl methyl sites for hydroxylation is 1. The van der Waals surface area contributed by atoms with Gasteiger partial charge in [0.2, 0.25) is 0 Å². The van der Waals surface area contributed by atoms with Gasteiger partial charge in [-0.1, -0.05) is 6.42 Å². The molecule has 1 fully saturated rings. The molecular formula is C22H25N5O2S2. The molecule has 1 aliphatic carbocycles. The number of thiophene rings is 1. The molecule has 1 atom stereocenters. The van der Waals surface area contributed by atoms with Crippen LogP contribution in [0.3, 0.4) is 0 Å². The van der Waals surface area contributed by atoms with E-state index in [4.69, 9.17) is 15.5 Å². The average molecular weight is 456 g/mol. The number of ether oxygens (including phenoxy) is 1. The summed E-state index contributed by atoms with van der Waals surface area (Å²) in [5.74, 6) is 1.02. The smallest absolute Gasteiger partial charge is 0.181 e. The van der Waals surface area contributed by atoms with Gasteiger partial charge in [0.05, 0.1) is 22.2 Å². The predicted molar refractivity (Wildman–Crippen MR) is 126 cm³/mol. The molecule has 0 radical (unpaired) electrons. The standard InChI is InChI=1S/C22H25N5O2S2/c1-27-12-15-9-14(11-24-20(15)26-27)17-10-16(13-5-3-6-13)18-19(23)22(30-21(18)25-17)31(28)8-4-7-29-2/h9-13H,3-8,23H2,1-2H3. The average Bonchev–Trinajstić information content (AvgIpc) is 3.25. The zero-order chi connectivity index (χ0) is 21.5. The molecule has 9 heteroatoms. The van der Waals surface area contributed by atoms with Crippen molar-refractivity contribution in [3.8, 4) is 11.3 Å². The fraction of sp³-hybridized carbons (Fsp3) is 0.409. The topological polar surface area (TPSA) is 95.9 Å². The van der Waals surface area contributed by atoms with Gasteiger partial charge in [-0.3, -0.25) is 8.89 Å². The van der Waals surface area contributed by atoms with Crippen molar-refractivity contribution in [2.45, 2.75) is 35.8 Å². The third-order valence-electron chi connectivity index (χ3n) is 5.89. The monoisotopic (exact) mass is 455 g/mol. The molecule has 0 saturated heterocycles. The summed E-state index contributed by atoms with van der Waals surface area (Å²) in [6.07, 6.45) is 8.06. The Bertz CT molecular complexity index is 1290. The van der Waals surface area contributed by atoms with E-state index in [1.54, 1.807) is 11.8 Å². The summed E-state index contributed by atoms with van der Waals surface area (Å²) in [6, 6.07) is 4.24. The van der Waals surface area contributed by atoms with Crippen LogP contribution in [0.4, 0.5) is 5.69 Å². The Morgan fingerprint density at radius 2 is 2.19 bits per heavy atom. The van der Waals surface area contributed by atoms with Crippen LogP contribution in [-0.4, -0.2) is 43.4 Å². The predicted octanol–water partition coefficient (Wildman–Crippen LogP) is 4.24. The Morgan fingerprint density at radius 3 is 2.94 bits per heavy atom. The lowest BCUT2D eigenvalue weighted by Crippen LogP contribution is -2.10. The minimum atomic E-state index is -1.15. The van der Waals surface area contributed by atoms with Crippen LogP contribution >= 0.6 is 11.3 Å². The minimum absolute atomic E-state index is 0.478. The molecule has 0 aromatic carbocycles. The number of nitrogens with zero attached hydrogens (tertiary/aromatic N) is 4. The van der Waals surface area contributed by atoms with Gasteiger partial charge in [0, 0.05) is 55.2 Å². The molecule has 1 unspecified atom stereocenters. The third kappa shape index (κ3) is 3.75. The second-order valence-electron chi connectivity index (χ2n) is 8.04. The van der Waals surface area contributed by atoms with Crippen LogP contribution in [0.25, 0.3) is 32.5 Å². The number of fused-ring (bicyclic) bond motifs is 2. The van der Waals surface area contributed by atoms with Crippen molar-refractivity contribution in [2.24, 2.45) is 7.05 Å². The van der Waals surface area contributed by atoms with Crippen molar-refractivity contribution in [3.05, 3.63) is 30.1 Å². The number of nitrogens with two attached hydrogens (primary N) is 1. The molecule has 31 heavy (non-hydrogen) atoms. The second kappa shape index (κ2) is 8.29. The maximum atomic E-state index is 12.9. The number of anilines is 1. The van der Waals surface area contributed by atoms with E-state index < -0.39 is 10.8 Å². The molecular weight excluding hydrogens is 430 g/mol. The Kier molecular flexibility index (Phi) is 5.49. The number of nitrogen functional groups attached to an aromatic ring is 1. The number of aromatic nitrogens is 4. The first-order valence-electron chi connectivity index (χ1n) is 10.4. The normalized spacial score (nSPS) is 15.5. The van der Waals surface area contributed by atoms with E-state index in [-0.39, 0.29) is 0 Å². The van der Waals surface area contributed by atoms with Crippen LogP contribution in [0.15, 0.2) is 28.7 Å². The molecule has 162 valence electrons. The molecule has 0 spiro atoms. The molecule has 0 amide bonds. The first kappa shape index (κ1) is 20.5. The summed E-state index contributed by atoms with van der Waals surface area (Å²) in [5, 5.41) is 6.33. The van der Waals surface area contributed by atoms with Crippen LogP contribution in [0, 0.1) is 0 Å². The zero-order valence-electron chi connectivity index (χ0n) is 17.6. The summed E-state index contributed by atoms with van der Waals surface area (Å²) < 4.78 is 20.5. The fourth-order valence-electron chi connectivity index (χ4n) is 4.09. The Balaban J connectivity index is 1.62. The molecule has 4 aromatic heterocycles. The van der Waals surface area contributed by atoms with E-state index in [1.807, 2.05) is 19.4 Å². The maximum Gasteiger partial charge on any atom is 0.181 e. The van der Waals surface area contributed by atoms with Gasteiger partial charge in [0.1, 0.15) is 9.04 Å². The highest BCUT2D eigenvalue weighted by Crippen LogP contribution is 2.46. The lowest BCUT2D eigenvalue weighted by Gasteiger charge is -2.27. The summed E-state index contributed by atoms with van der Waals surface area (Å²) in [7, 11) is 2.40. The van der Waals surface area contributed by atoms with Gasteiger partial charge < -0.3 is 10.5 Å².